The van der Waals surface area contributed by atoms with E-state index in [1.165, 1.54) is 6.33 Å². The van der Waals surface area contributed by atoms with Gasteiger partial charge in [0.2, 0.25) is 0 Å². The number of hydrogen-bond acceptors (Lipinski definition) is 3. The first-order valence-corrected chi connectivity index (χ1v) is 5.86. The van der Waals surface area contributed by atoms with Crippen molar-refractivity contribution < 1.29 is 0 Å². The largest absolute Gasteiger partial charge is 0.378 e. The van der Waals surface area contributed by atoms with Crippen LogP contribution in [0.2, 0.25) is 5.02 Å². The Kier molecular flexibility index (Phi) is 3.74. The van der Waals surface area contributed by atoms with E-state index >= 15 is 0 Å². The van der Waals surface area contributed by atoms with Gasteiger partial charge in [-0.25, -0.2) is 9.97 Å². The molecule has 0 aliphatic heterocycles. The van der Waals surface area contributed by atoms with E-state index < -0.39 is 0 Å². The Morgan fingerprint density at radius 1 is 1.31 bits per heavy atom. The average Bonchev–Trinajstić information content (AvgIpc) is 2.29. The second kappa shape index (κ2) is 5.27. The van der Waals surface area contributed by atoms with Gasteiger partial charge in [-0.1, -0.05) is 27.5 Å². The molecule has 2 aromatic rings. The van der Waals surface area contributed by atoms with E-state index in [-0.39, 0.29) is 0 Å². The lowest BCUT2D eigenvalue weighted by molar-refractivity contribution is 1.01. The first-order chi connectivity index (χ1) is 7.75. The molecule has 0 unspecified atom stereocenters. The van der Waals surface area contributed by atoms with E-state index in [4.69, 9.17) is 11.6 Å². The molecule has 0 amide bonds. The van der Waals surface area contributed by atoms with Crippen LogP contribution >= 0.6 is 27.5 Å². The highest BCUT2D eigenvalue weighted by molar-refractivity contribution is 9.10. The first kappa shape index (κ1) is 11.4. The van der Waals surface area contributed by atoms with Crippen molar-refractivity contribution in [1.29, 1.82) is 0 Å². The van der Waals surface area contributed by atoms with Gasteiger partial charge in [0.25, 0.3) is 0 Å². The molecule has 0 saturated carbocycles. The van der Waals surface area contributed by atoms with Crippen LogP contribution in [0.5, 0.6) is 0 Å². The molecule has 1 heterocycles. The van der Waals surface area contributed by atoms with Crippen LogP contribution in [0.15, 0.2) is 41.3 Å². The molecule has 1 aromatic carbocycles. The smallest absolute Gasteiger partial charge is 0.115 e. The van der Waals surface area contributed by atoms with Crippen molar-refractivity contribution in [3.8, 4) is 0 Å². The van der Waals surface area contributed by atoms with Crippen molar-refractivity contribution >= 4 is 33.2 Å². The summed E-state index contributed by atoms with van der Waals surface area (Å²) in [6.07, 6.45) is 3.24. The molecular formula is C11H9BrClN3. The van der Waals surface area contributed by atoms with E-state index in [0.29, 0.717) is 11.6 Å². The molecule has 0 saturated heterocycles. The van der Waals surface area contributed by atoms with Crippen LogP contribution in [0.3, 0.4) is 0 Å². The van der Waals surface area contributed by atoms with Gasteiger partial charge < -0.3 is 5.32 Å². The Bertz CT molecular complexity index is 476. The van der Waals surface area contributed by atoms with E-state index in [9.17, 15) is 0 Å². The molecule has 0 atom stereocenters. The number of benzene rings is 1. The van der Waals surface area contributed by atoms with Crippen LogP contribution in [0.4, 0.5) is 5.69 Å². The molecule has 0 bridgehead atoms. The quantitative estimate of drug-likeness (QED) is 0.942. The monoisotopic (exact) mass is 297 g/mol. The van der Waals surface area contributed by atoms with E-state index in [0.717, 1.165) is 15.9 Å². The van der Waals surface area contributed by atoms with Gasteiger partial charge in [0.05, 0.1) is 22.9 Å². The predicted molar refractivity (Wildman–Crippen MR) is 68.5 cm³/mol. The van der Waals surface area contributed by atoms with Crippen LogP contribution in [-0.2, 0) is 6.54 Å². The SMILES string of the molecule is Clc1cc(Br)ccc1NCc1ccncn1. The number of hydrogen-bond donors (Lipinski definition) is 1. The first-order valence-electron chi connectivity index (χ1n) is 4.69. The van der Waals surface area contributed by atoms with Crippen molar-refractivity contribution in [2.24, 2.45) is 0 Å². The lowest BCUT2D eigenvalue weighted by Crippen LogP contribution is -2.01. The summed E-state index contributed by atoms with van der Waals surface area (Å²) in [5.74, 6) is 0. The molecule has 2 rings (SSSR count). The number of nitrogens with one attached hydrogen (secondary N) is 1. The summed E-state index contributed by atoms with van der Waals surface area (Å²) in [6.45, 7) is 0.629. The van der Waals surface area contributed by atoms with Gasteiger partial charge in [-0.05, 0) is 24.3 Å². The Morgan fingerprint density at radius 3 is 2.88 bits per heavy atom. The van der Waals surface area contributed by atoms with Crippen molar-refractivity contribution in [2.75, 3.05) is 5.32 Å². The highest BCUT2D eigenvalue weighted by Gasteiger charge is 2.00. The maximum absolute atomic E-state index is 6.07. The maximum atomic E-state index is 6.07. The summed E-state index contributed by atoms with van der Waals surface area (Å²) in [4.78, 5) is 7.97. The zero-order valence-electron chi connectivity index (χ0n) is 8.32. The fourth-order valence-corrected chi connectivity index (χ4v) is 1.98. The van der Waals surface area contributed by atoms with Crippen LogP contribution < -0.4 is 5.32 Å². The molecule has 16 heavy (non-hydrogen) atoms. The lowest BCUT2D eigenvalue weighted by atomic mass is 10.3. The van der Waals surface area contributed by atoms with Gasteiger partial charge in [-0.15, -0.1) is 0 Å². The molecule has 82 valence electrons. The van der Waals surface area contributed by atoms with Gasteiger partial charge in [0.15, 0.2) is 0 Å². The molecule has 0 radical (unpaired) electrons. The minimum absolute atomic E-state index is 0.629. The number of halogens is 2. The van der Waals surface area contributed by atoms with Crippen molar-refractivity contribution in [3.05, 3.63) is 52.0 Å². The van der Waals surface area contributed by atoms with Crippen LogP contribution in [0.25, 0.3) is 0 Å². The van der Waals surface area contributed by atoms with Gasteiger partial charge in [0, 0.05) is 10.7 Å². The van der Waals surface area contributed by atoms with Gasteiger partial charge in [-0.3, -0.25) is 0 Å². The van der Waals surface area contributed by atoms with Crippen LogP contribution in [0.1, 0.15) is 5.69 Å². The van der Waals surface area contributed by atoms with Gasteiger partial charge >= 0.3 is 0 Å². The highest BCUT2D eigenvalue weighted by Crippen LogP contribution is 2.25. The number of nitrogens with zero attached hydrogens (tertiary/aromatic N) is 2. The Labute approximate surface area is 107 Å². The molecule has 5 heteroatoms. The minimum atomic E-state index is 0.629. The Hall–Kier alpha value is -1.13. The molecule has 1 N–H and O–H groups in total. The third-order valence-corrected chi connectivity index (χ3v) is 2.84. The van der Waals surface area contributed by atoms with Crippen LogP contribution in [0, 0.1) is 0 Å². The highest BCUT2D eigenvalue weighted by atomic mass is 79.9. The molecule has 0 aliphatic rings. The van der Waals surface area contributed by atoms with Crippen molar-refractivity contribution in [2.45, 2.75) is 6.54 Å². The average molecular weight is 299 g/mol. The normalized spacial score (nSPS) is 10.1. The second-order valence-electron chi connectivity index (χ2n) is 3.18. The summed E-state index contributed by atoms with van der Waals surface area (Å²) in [5, 5.41) is 3.90. The topological polar surface area (TPSA) is 37.8 Å². The summed E-state index contributed by atoms with van der Waals surface area (Å²) in [5.41, 5.74) is 1.82. The maximum Gasteiger partial charge on any atom is 0.115 e. The van der Waals surface area contributed by atoms with E-state index in [1.54, 1.807) is 6.20 Å². The fraction of sp³-hybridized carbons (Fsp3) is 0.0909. The van der Waals surface area contributed by atoms with E-state index in [1.807, 2.05) is 24.3 Å². The minimum Gasteiger partial charge on any atom is -0.378 e. The summed E-state index contributed by atoms with van der Waals surface area (Å²) >= 11 is 9.43. The number of anilines is 1. The fourth-order valence-electron chi connectivity index (χ4n) is 1.24. The van der Waals surface area contributed by atoms with Crippen molar-refractivity contribution in [1.82, 2.24) is 9.97 Å². The number of rotatable bonds is 3. The molecule has 3 nitrogen and oxygen atoms in total. The van der Waals surface area contributed by atoms with Crippen molar-refractivity contribution in [3.63, 3.8) is 0 Å². The number of aromatic nitrogens is 2. The Morgan fingerprint density at radius 2 is 2.19 bits per heavy atom. The third-order valence-electron chi connectivity index (χ3n) is 2.03. The molecule has 0 aliphatic carbocycles. The van der Waals surface area contributed by atoms with E-state index in [2.05, 4.69) is 31.2 Å². The summed E-state index contributed by atoms with van der Waals surface area (Å²) in [7, 11) is 0. The standard InChI is InChI=1S/C11H9BrClN3/c12-8-1-2-11(10(13)5-8)15-6-9-3-4-14-7-16-9/h1-5,7,15H,6H2. The second-order valence-corrected chi connectivity index (χ2v) is 4.50. The molecule has 0 spiro atoms. The zero-order valence-corrected chi connectivity index (χ0v) is 10.7. The summed E-state index contributed by atoms with van der Waals surface area (Å²) < 4.78 is 0.963. The zero-order chi connectivity index (χ0) is 11.4. The van der Waals surface area contributed by atoms with Crippen LogP contribution in [-0.4, -0.2) is 9.97 Å². The Balaban J connectivity index is 2.05. The lowest BCUT2D eigenvalue weighted by Gasteiger charge is -2.07. The molecule has 1 aromatic heterocycles. The van der Waals surface area contributed by atoms with Gasteiger partial charge in [-0.2, -0.15) is 0 Å². The van der Waals surface area contributed by atoms with Gasteiger partial charge in [0.1, 0.15) is 6.33 Å². The molecular weight excluding hydrogens is 289 g/mol. The predicted octanol–water partition coefficient (Wildman–Crippen LogP) is 3.50. The summed E-state index contributed by atoms with van der Waals surface area (Å²) in [6, 6.07) is 7.57. The third kappa shape index (κ3) is 2.93. The molecule has 0 fully saturated rings.